The van der Waals surface area contributed by atoms with Crippen LogP contribution in [0.4, 0.5) is 0 Å². The summed E-state index contributed by atoms with van der Waals surface area (Å²) in [6.45, 7) is 23.8. The van der Waals surface area contributed by atoms with Crippen molar-refractivity contribution in [2.45, 2.75) is 149 Å². The van der Waals surface area contributed by atoms with Gasteiger partial charge in [-0.1, -0.05) is 41.5 Å². The van der Waals surface area contributed by atoms with Gasteiger partial charge < -0.3 is 31.4 Å². The maximum absolute atomic E-state index is 13.2. The number of rotatable bonds is 12. The molecular weight excluding hydrogens is 512 g/mol. The van der Waals surface area contributed by atoms with E-state index in [-0.39, 0.29) is 56.5 Å². The molecule has 41 heavy (non-hydrogen) atoms. The first-order valence-corrected chi connectivity index (χ1v) is 15.8. The van der Waals surface area contributed by atoms with Crippen molar-refractivity contribution in [3.05, 3.63) is 18.7 Å². The van der Waals surface area contributed by atoms with Gasteiger partial charge >= 0.3 is 0 Å². The Bertz CT molecular complexity index is 1170. The number of aromatic nitrogens is 2. The van der Waals surface area contributed by atoms with E-state index in [9.17, 15) is 4.79 Å². The van der Waals surface area contributed by atoms with E-state index in [0.29, 0.717) is 12.3 Å². The summed E-state index contributed by atoms with van der Waals surface area (Å²) in [7, 11) is 0. The lowest BCUT2D eigenvalue weighted by Gasteiger charge is -2.47. The fraction of sp³-hybridized carbons (Fsp3) is 0.879. The number of epoxide rings is 1. The number of carbonyl (C=O) groups is 1. The zero-order chi connectivity index (χ0) is 30.7. The van der Waals surface area contributed by atoms with Crippen LogP contribution in [0.5, 0.6) is 0 Å². The van der Waals surface area contributed by atoms with Crippen molar-refractivity contribution < 1.29 is 9.53 Å². The van der Waals surface area contributed by atoms with Crippen LogP contribution in [0.25, 0.3) is 0 Å². The summed E-state index contributed by atoms with van der Waals surface area (Å²) in [4.78, 5) is 19.7. The summed E-state index contributed by atoms with van der Waals surface area (Å²) in [5, 5.41) is 0. The molecule has 8 nitrogen and oxygen atoms in total. The standard InChI is InChI=1S/C33H58N6O2/c1-26(2,16-22(29(7,8)36)38-15-13-37-21-38)30(9)19-32(30,24-25(34)41-24)17-27(3,4)31(10)20-33(31,18-28(5,6)35)39-14-11-12-23(39)40/h13,15,21-22,24-25H,11-12,14,16-20,34-36H2,1-10H3. The Kier molecular flexibility index (Phi) is 6.81. The number of hydrogen-bond acceptors (Lipinski definition) is 6. The van der Waals surface area contributed by atoms with Gasteiger partial charge in [0, 0.05) is 41.9 Å². The third-order valence-electron chi connectivity index (χ3n) is 12.8. The molecule has 0 bridgehead atoms. The van der Waals surface area contributed by atoms with Crippen LogP contribution < -0.4 is 17.2 Å². The third kappa shape index (κ3) is 4.70. The van der Waals surface area contributed by atoms with Crippen molar-refractivity contribution in [3.63, 3.8) is 0 Å². The summed E-state index contributed by atoms with van der Waals surface area (Å²) >= 11 is 0. The minimum Gasteiger partial charge on any atom is -0.353 e. The molecule has 2 aliphatic heterocycles. The maximum Gasteiger partial charge on any atom is 0.223 e. The molecule has 4 aliphatic rings. The van der Waals surface area contributed by atoms with Crippen LogP contribution in [0.2, 0.25) is 0 Å². The second kappa shape index (κ2) is 9.02. The Morgan fingerprint density at radius 2 is 1.66 bits per heavy atom. The number of carbonyl (C=O) groups excluding carboxylic acids is 1. The second-order valence-electron chi connectivity index (χ2n) is 17.5. The number of likely N-dealkylation sites (tertiary alicyclic amines) is 1. The minimum absolute atomic E-state index is 0.0185. The van der Waals surface area contributed by atoms with Crippen LogP contribution in [0, 0.1) is 27.1 Å². The molecule has 0 aromatic carbocycles. The number of nitrogens with two attached hydrogens (primary N) is 3. The zero-order valence-electron chi connectivity index (χ0n) is 27.5. The van der Waals surface area contributed by atoms with E-state index in [4.69, 9.17) is 21.9 Å². The van der Waals surface area contributed by atoms with Gasteiger partial charge in [0.25, 0.3) is 0 Å². The number of nitrogens with zero attached hydrogens (tertiary/aromatic N) is 3. The summed E-state index contributed by atoms with van der Waals surface area (Å²) < 4.78 is 8.34. The van der Waals surface area contributed by atoms with Crippen LogP contribution in [0.3, 0.4) is 0 Å². The summed E-state index contributed by atoms with van der Waals surface area (Å²) in [6, 6.07) is 0.110. The van der Waals surface area contributed by atoms with Crippen molar-refractivity contribution in [3.8, 4) is 0 Å². The molecule has 0 radical (unpaired) electrons. The first-order chi connectivity index (χ1) is 18.6. The van der Waals surface area contributed by atoms with Crippen molar-refractivity contribution in [2.24, 2.45) is 44.3 Å². The molecule has 5 rings (SSSR count). The van der Waals surface area contributed by atoms with Crippen molar-refractivity contribution in [2.75, 3.05) is 6.54 Å². The molecule has 7 atom stereocenters. The average molecular weight is 571 g/mol. The Balaban J connectivity index is 1.46. The maximum atomic E-state index is 13.2. The first kappa shape index (κ1) is 31.0. The molecule has 232 valence electrons. The normalized spacial score (nSPS) is 38.4. The van der Waals surface area contributed by atoms with Gasteiger partial charge in [0.1, 0.15) is 12.3 Å². The number of hydrogen-bond donors (Lipinski definition) is 3. The molecule has 1 aromatic heterocycles. The van der Waals surface area contributed by atoms with Crippen molar-refractivity contribution in [1.82, 2.24) is 14.5 Å². The van der Waals surface area contributed by atoms with Gasteiger partial charge in [-0.15, -0.1) is 0 Å². The van der Waals surface area contributed by atoms with Crippen LogP contribution >= 0.6 is 0 Å². The molecule has 2 aliphatic carbocycles. The summed E-state index contributed by atoms with van der Waals surface area (Å²) in [5.41, 5.74) is 18.8. The van der Waals surface area contributed by atoms with Gasteiger partial charge in [0.05, 0.1) is 17.9 Å². The average Bonchev–Trinajstić information content (AvgIpc) is 3.64. The fourth-order valence-electron chi connectivity index (χ4n) is 9.75. The van der Waals surface area contributed by atoms with E-state index < -0.39 is 5.54 Å². The highest BCUT2D eigenvalue weighted by Crippen LogP contribution is 2.83. The van der Waals surface area contributed by atoms with Crippen molar-refractivity contribution in [1.29, 1.82) is 0 Å². The Morgan fingerprint density at radius 1 is 1.02 bits per heavy atom. The molecule has 6 N–H and O–H groups in total. The second-order valence-corrected chi connectivity index (χ2v) is 17.5. The lowest BCUT2D eigenvalue weighted by Crippen LogP contribution is -2.52. The van der Waals surface area contributed by atoms with E-state index >= 15 is 0 Å². The Labute approximate surface area is 248 Å². The lowest BCUT2D eigenvalue weighted by molar-refractivity contribution is -0.132. The summed E-state index contributed by atoms with van der Waals surface area (Å²) in [5.74, 6) is 0.295. The fourth-order valence-corrected chi connectivity index (χ4v) is 9.75. The van der Waals surface area contributed by atoms with Gasteiger partial charge in [-0.2, -0.15) is 0 Å². The van der Waals surface area contributed by atoms with E-state index in [2.05, 4.69) is 83.7 Å². The topological polar surface area (TPSA) is 129 Å². The minimum atomic E-state index is -0.407. The van der Waals surface area contributed by atoms with E-state index in [1.54, 1.807) is 0 Å². The predicted octanol–water partition coefficient (Wildman–Crippen LogP) is 4.97. The molecule has 1 amide bonds. The molecule has 1 aromatic rings. The number of ether oxygens (including phenoxy) is 1. The highest BCUT2D eigenvalue weighted by Gasteiger charge is 2.81. The molecular formula is C33H58N6O2. The van der Waals surface area contributed by atoms with Gasteiger partial charge in [-0.3, -0.25) is 4.79 Å². The Hall–Kier alpha value is -1.48. The van der Waals surface area contributed by atoms with E-state index in [0.717, 1.165) is 45.1 Å². The highest BCUT2D eigenvalue weighted by atomic mass is 16.6. The Morgan fingerprint density at radius 3 is 2.12 bits per heavy atom. The van der Waals surface area contributed by atoms with Gasteiger partial charge in [-0.05, 0) is 87.9 Å². The van der Waals surface area contributed by atoms with Crippen molar-refractivity contribution >= 4 is 5.91 Å². The monoisotopic (exact) mass is 570 g/mol. The number of amides is 1. The molecule has 2 saturated carbocycles. The van der Waals surface area contributed by atoms with Gasteiger partial charge in [-0.25, -0.2) is 4.98 Å². The molecule has 7 unspecified atom stereocenters. The molecule has 4 fully saturated rings. The van der Waals surface area contributed by atoms with Crippen LogP contribution in [-0.2, 0) is 9.53 Å². The largest absolute Gasteiger partial charge is 0.353 e. The quantitative estimate of drug-likeness (QED) is 0.304. The van der Waals surface area contributed by atoms with E-state index in [1.807, 2.05) is 18.7 Å². The van der Waals surface area contributed by atoms with Crippen LogP contribution in [-0.4, -0.2) is 55.9 Å². The lowest BCUT2D eigenvalue weighted by atomic mass is 9.60. The van der Waals surface area contributed by atoms with Gasteiger partial charge in [0.15, 0.2) is 0 Å². The molecule has 8 heteroatoms. The molecule has 3 heterocycles. The summed E-state index contributed by atoms with van der Waals surface area (Å²) in [6.07, 6.45) is 12.0. The molecule has 0 spiro atoms. The number of imidazole rings is 1. The van der Waals surface area contributed by atoms with Crippen LogP contribution in [0.15, 0.2) is 18.7 Å². The molecule has 2 saturated heterocycles. The predicted molar refractivity (Wildman–Crippen MR) is 164 cm³/mol. The first-order valence-electron chi connectivity index (χ1n) is 15.8. The third-order valence-corrected chi connectivity index (χ3v) is 12.8. The highest BCUT2D eigenvalue weighted by molar-refractivity contribution is 5.80. The zero-order valence-corrected chi connectivity index (χ0v) is 27.5. The van der Waals surface area contributed by atoms with Crippen LogP contribution in [0.1, 0.15) is 120 Å². The van der Waals surface area contributed by atoms with E-state index in [1.165, 1.54) is 0 Å². The smallest absolute Gasteiger partial charge is 0.223 e. The van der Waals surface area contributed by atoms with Gasteiger partial charge in [0.2, 0.25) is 5.91 Å². The SMILES string of the molecule is CC(C)(N)CC1(N2CCCC2=O)CC1(C)C(C)(C)CC1(C2OC2N)CC1(C)C(C)(C)CC(n1ccnc1)C(C)(C)N.